The molecule has 2 heterocycles. The summed E-state index contributed by atoms with van der Waals surface area (Å²) in [5, 5.41) is 9.77. The minimum Gasteiger partial charge on any atom is -0.472 e. The number of hydrogen-bond donors (Lipinski definition) is 2. The zero-order chi connectivity index (χ0) is 17.7. The standard InChI is InChI=1S/C17H25N5O2/c1-12(13-9-19-22(5)11-13)20-16(23)18-10-14-7-6-8-15(21-14)24-17(2,3)4/h6-9,11-12H,10H2,1-5H3,(H2,18,20,23)/t12-/m0/s1. The normalized spacial score (nSPS) is 12.5. The maximum Gasteiger partial charge on any atom is 0.315 e. The van der Waals surface area contributed by atoms with Gasteiger partial charge in [-0.05, 0) is 33.8 Å². The molecule has 0 radical (unpaired) electrons. The molecule has 130 valence electrons. The molecule has 0 spiro atoms. The maximum atomic E-state index is 12.0. The van der Waals surface area contributed by atoms with Gasteiger partial charge in [-0.15, -0.1) is 0 Å². The van der Waals surface area contributed by atoms with Crippen molar-refractivity contribution >= 4 is 6.03 Å². The first kappa shape index (κ1) is 17.8. The van der Waals surface area contributed by atoms with Crippen molar-refractivity contribution in [1.29, 1.82) is 0 Å². The predicted molar refractivity (Wildman–Crippen MR) is 91.6 cm³/mol. The number of rotatable bonds is 5. The Morgan fingerprint density at radius 2 is 2.12 bits per heavy atom. The minimum atomic E-state index is -0.310. The fourth-order valence-electron chi connectivity index (χ4n) is 2.09. The molecule has 0 aliphatic carbocycles. The average molecular weight is 331 g/mol. The van der Waals surface area contributed by atoms with E-state index in [0.29, 0.717) is 12.4 Å². The number of carbonyl (C=O) groups is 1. The van der Waals surface area contributed by atoms with Crippen LogP contribution < -0.4 is 15.4 Å². The van der Waals surface area contributed by atoms with Crippen molar-refractivity contribution in [2.24, 2.45) is 7.05 Å². The molecule has 1 atom stereocenters. The van der Waals surface area contributed by atoms with Crippen LogP contribution in [-0.2, 0) is 13.6 Å². The molecule has 7 nitrogen and oxygen atoms in total. The highest BCUT2D eigenvalue weighted by atomic mass is 16.5. The number of amides is 2. The van der Waals surface area contributed by atoms with Crippen LogP contribution in [0.1, 0.15) is 45.0 Å². The van der Waals surface area contributed by atoms with Crippen LogP contribution in [0, 0.1) is 0 Å². The average Bonchev–Trinajstić information content (AvgIpc) is 2.90. The second-order valence-electron chi connectivity index (χ2n) is 6.68. The Balaban J connectivity index is 1.86. The number of nitrogens with one attached hydrogen (secondary N) is 2. The number of aryl methyl sites for hydroxylation is 1. The third kappa shape index (κ3) is 5.57. The molecule has 0 aliphatic heterocycles. The largest absolute Gasteiger partial charge is 0.472 e. The van der Waals surface area contributed by atoms with Gasteiger partial charge in [0, 0.05) is 24.9 Å². The first-order valence-corrected chi connectivity index (χ1v) is 7.91. The second-order valence-corrected chi connectivity index (χ2v) is 6.68. The Morgan fingerprint density at radius 3 is 2.75 bits per heavy atom. The summed E-state index contributed by atoms with van der Waals surface area (Å²) < 4.78 is 7.43. The van der Waals surface area contributed by atoms with E-state index in [1.54, 1.807) is 16.9 Å². The van der Waals surface area contributed by atoms with Crippen molar-refractivity contribution in [2.75, 3.05) is 0 Å². The summed E-state index contributed by atoms with van der Waals surface area (Å²) in [5.41, 5.74) is 1.38. The Morgan fingerprint density at radius 1 is 1.38 bits per heavy atom. The first-order valence-electron chi connectivity index (χ1n) is 7.91. The number of ether oxygens (including phenoxy) is 1. The number of urea groups is 1. The van der Waals surface area contributed by atoms with Gasteiger partial charge in [0.15, 0.2) is 0 Å². The van der Waals surface area contributed by atoms with Crippen LogP contribution in [-0.4, -0.2) is 26.4 Å². The van der Waals surface area contributed by atoms with E-state index in [0.717, 1.165) is 11.3 Å². The minimum absolute atomic E-state index is 0.123. The molecule has 2 rings (SSSR count). The Kier molecular flexibility index (Phi) is 5.43. The third-order valence-corrected chi connectivity index (χ3v) is 3.19. The highest BCUT2D eigenvalue weighted by molar-refractivity contribution is 5.74. The van der Waals surface area contributed by atoms with Crippen LogP contribution in [0.15, 0.2) is 30.6 Å². The van der Waals surface area contributed by atoms with Gasteiger partial charge in [-0.25, -0.2) is 9.78 Å². The lowest BCUT2D eigenvalue weighted by atomic mass is 10.2. The first-order chi connectivity index (χ1) is 11.2. The molecular formula is C17H25N5O2. The van der Waals surface area contributed by atoms with Crippen LogP contribution in [0.5, 0.6) is 5.88 Å². The van der Waals surface area contributed by atoms with Crippen molar-refractivity contribution < 1.29 is 9.53 Å². The Hall–Kier alpha value is -2.57. The van der Waals surface area contributed by atoms with Crippen LogP contribution in [0.4, 0.5) is 4.79 Å². The highest BCUT2D eigenvalue weighted by Crippen LogP contribution is 2.15. The van der Waals surface area contributed by atoms with Crippen LogP contribution >= 0.6 is 0 Å². The lowest BCUT2D eigenvalue weighted by Crippen LogP contribution is -2.36. The van der Waals surface area contributed by atoms with Crippen molar-refractivity contribution in [2.45, 2.75) is 45.9 Å². The number of pyridine rings is 1. The van der Waals surface area contributed by atoms with Gasteiger partial charge in [0.05, 0.1) is 24.5 Å². The van der Waals surface area contributed by atoms with Gasteiger partial charge in [-0.2, -0.15) is 5.10 Å². The fraction of sp³-hybridized carbons (Fsp3) is 0.471. The third-order valence-electron chi connectivity index (χ3n) is 3.19. The summed E-state index contributed by atoms with van der Waals surface area (Å²) in [6.07, 6.45) is 3.61. The van der Waals surface area contributed by atoms with E-state index in [1.807, 2.05) is 53.1 Å². The lowest BCUT2D eigenvalue weighted by molar-refractivity contribution is 0.123. The molecule has 0 aliphatic rings. The lowest BCUT2D eigenvalue weighted by Gasteiger charge is -2.20. The van der Waals surface area contributed by atoms with Gasteiger partial charge in [0.25, 0.3) is 0 Å². The summed E-state index contributed by atoms with van der Waals surface area (Å²) in [5.74, 6) is 0.547. The number of aromatic nitrogens is 3. The Bertz CT molecular complexity index is 690. The van der Waals surface area contributed by atoms with Crippen LogP contribution in [0.2, 0.25) is 0 Å². The van der Waals surface area contributed by atoms with Crippen LogP contribution in [0.3, 0.4) is 0 Å². The van der Waals surface area contributed by atoms with Gasteiger partial charge in [-0.1, -0.05) is 6.07 Å². The van der Waals surface area contributed by atoms with E-state index >= 15 is 0 Å². The highest BCUT2D eigenvalue weighted by Gasteiger charge is 2.13. The van der Waals surface area contributed by atoms with Crippen LogP contribution in [0.25, 0.3) is 0 Å². The van der Waals surface area contributed by atoms with E-state index in [4.69, 9.17) is 4.74 Å². The van der Waals surface area contributed by atoms with E-state index in [2.05, 4.69) is 20.7 Å². The van der Waals surface area contributed by atoms with Gasteiger partial charge in [0.1, 0.15) is 5.60 Å². The molecule has 0 bridgehead atoms. The number of hydrogen-bond acceptors (Lipinski definition) is 4. The molecule has 0 saturated carbocycles. The molecule has 0 fully saturated rings. The predicted octanol–water partition coefficient (Wildman–Crippen LogP) is 2.55. The molecule has 24 heavy (non-hydrogen) atoms. The number of nitrogens with zero attached hydrogens (tertiary/aromatic N) is 3. The van der Waals surface area contributed by atoms with Crippen molar-refractivity contribution in [1.82, 2.24) is 25.4 Å². The zero-order valence-electron chi connectivity index (χ0n) is 14.8. The molecular weight excluding hydrogens is 306 g/mol. The Labute approximate surface area is 142 Å². The summed E-state index contributed by atoms with van der Waals surface area (Å²) in [6.45, 7) is 8.13. The fourth-order valence-corrected chi connectivity index (χ4v) is 2.09. The summed E-state index contributed by atoms with van der Waals surface area (Å²) in [6, 6.07) is 5.14. The maximum absolute atomic E-state index is 12.0. The molecule has 0 saturated heterocycles. The van der Waals surface area contributed by atoms with E-state index in [-0.39, 0.29) is 17.7 Å². The van der Waals surface area contributed by atoms with E-state index < -0.39 is 0 Å². The molecule has 2 N–H and O–H groups in total. The number of carbonyl (C=O) groups excluding carboxylic acids is 1. The van der Waals surface area contributed by atoms with E-state index in [1.165, 1.54) is 0 Å². The van der Waals surface area contributed by atoms with Gasteiger partial charge in [0.2, 0.25) is 5.88 Å². The van der Waals surface area contributed by atoms with E-state index in [9.17, 15) is 4.79 Å². The quantitative estimate of drug-likeness (QED) is 0.882. The topological polar surface area (TPSA) is 81.1 Å². The second kappa shape index (κ2) is 7.33. The summed E-state index contributed by atoms with van der Waals surface area (Å²) >= 11 is 0. The smallest absolute Gasteiger partial charge is 0.315 e. The van der Waals surface area contributed by atoms with Gasteiger partial charge < -0.3 is 15.4 Å². The molecule has 2 aromatic heterocycles. The van der Waals surface area contributed by atoms with Crippen molar-refractivity contribution in [3.8, 4) is 5.88 Å². The summed E-state index contributed by atoms with van der Waals surface area (Å²) in [4.78, 5) is 16.4. The van der Waals surface area contributed by atoms with Crippen molar-refractivity contribution in [3.63, 3.8) is 0 Å². The molecule has 0 aromatic carbocycles. The van der Waals surface area contributed by atoms with Crippen molar-refractivity contribution in [3.05, 3.63) is 41.9 Å². The zero-order valence-corrected chi connectivity index (χ0v) is 14.8. The molecule has 2 amide bonds. The molecule has 7 heteroatoms. The monoisotopic (exact) mass is 331 g/mol. The summed E-state index contributed by atoms with van der Waals surface area (Å²) in [7, 11) is 1.84. The van der Waals surface area contributed by atoms with Gasteiger partial charge in [-0.3, -0.25) is 4.68 Å². The van der Waals surface area contributed by atoms with Gasteiger partial charge >= 0.3 is 6.03 Å². The SMILES string of the molecule is C[C@H](NC(=O)NCc1cccc(OC(C)(C)C)n1)c1cnn(C)c1. The molecule has 0 unspecified atom stereocenters. The molecule has 2 aromatic rings.